The number of halogens is 1. The van der Waals surface area contributed by atoms with Crippen LogP contribution in [0, 0.1) is 6.92 Å². The van der Waals surface area contributed by atoms with Gasteiger partial charge in [-0.1, -0.05) is 11.6 Å². The quantitative estimate of drug-likeness (QED) is 0.853. The summed E-state index contributed by atoms with van der Waals surface area (Å²) in [7, 11) is 0. The van der Waals surface area contributed by atoms with Crippen LogP contribution in [0.4, 0.5) is 0 Å². The van der Waals surface area contributed by atoms with E-state index in [1.54, 1.807) is 0 Å². The third-order valence-electron chi connectivity index (χ3n) is 3.47. The van der Waals surface area contributed by atoms with Crippen LogP contribution in [0.1, 0.15) is 37.6 Å². The molecule has 0 spiro atoms. The molecule has 1 aliphatic heterocycles. The third-order valence-corrected chi connectivity index (χ3v) is 3.97. The Morgan fingerprint density at radius 3 is 2.88 bits per heavy atom. The fourth-order valence-electron chi connectivity index (χ4n) is 2.26. The lowest BCUT2D eigenvalue weighted by molar-refractivity contribution is 0.0444. The molecule has 1 saturated heterocycles. The van der Waals surface area contributed by atoms with Gasteiger partial charge in [0.1, 0.15) is 0 Å². The van der Waals surface area contributed by atoms with Gasteiger partial charge in [-0.25, -0.2) is 0 Å². The Hall–Kier alpha value is -0.580. The summed E-state index contributed by atoms with van der Waals surface area (Å²) in [4.78, 5) is 2.31. The van der Waals surface area contributed by atoms with Crippen LogP contribution in [-0.4, -0.2) is 38.9 Å². The van der Waals surface area contributed by atoms with Crippen LogP contribution in [0.2, 0.25) is 5.02 Å². The number of aliphatic hydroxyl groups is 1. The van der Waals surface area contributed by atoms with Gasteiger partial charge in [-0.05, 0) is 39.7 Å². The molecule has 17 heavy (non-hydrogen) atoms. The summed E-state index contributed by atoms with van der Waals surface area (Å²) in [5.41, 5.74) is 1.31. The van der Waals surface area contributed by atoms with Crippen molar-refractivity contribution in [3.8, 4) is 0 Å². The van der Waals surface area contributed by atoms with Crippen molar-refractivity contribution in [2.45, 2.75) is 45.3 Å². The Morgan fingerprint density at radius 1 is 1.47 bits per heavy atom. The second kappa shape index (κ2) is 4.96. The highest BCUT2D eigenvalue weighted by molar-refractivity contribution is 6.31. The van der Waals surface area contributed by atoms with Crippen LogP contribution in [0.15, 0.2) is 0 Å². The second-order valence-corrected chi connectivity index (χ2v) is 5.61. The molecule has 1 atom stereocenters. The first-order valence-corrected chi connectivity index (χ1v) is 6.50. The van der Waals surface area contributed by atoms with Crippen molar-refractivity contribution in [3.63, 3.8) is 0 Å². The summed E-state index contributed by atoms with van der Waals surface area (Å²) in [5, 5.41) is 17.9. The van der Waals surface area contributed by atoms with E-state index in [-0.39, 0.29) is 0 Å². The van der Waals surface area contributed by atoms with Gasteiger partial charge in [0.2, 0.25) is 0 Å². The average Bonchev–Trinajstić information content (AvgIpc) is 2.48. The number of hydrogen-bond acceptors (Lipinski definition) is 3. The van der Waals surface area contributed by atoms with Crippen LogP contribution in [0.5, 0.6) is 0 Å². The van der Waals surface area contributed by atoms with E-state index in [1.165, 1.54) is 0 Å². The lowest BCUT2D eigenvalue weighted by Gasteiger charge is -2.21. The Bertz CT molecular complexity index is 389. The van der Waals surface area contributed by atoms with Gasteiger partial charge < -0.3 is 5.11 Å². The predicted octanol–water partition coefficient (Wildman–Crippen LogP) is 2.11. The standard InChI is InChI=1S/C12H20ClN3O/c1-9-11(13)10(15-14-9)8-16-6-3-4-12(2,17)5-7-16/h17H,3-8H2,1-2H3,(H,14,15)/t12-/m0/s1. The molecular formula is C12H20ClN3O. The highest BCUT2D eigenvalue weighted by Gasteiger charge is 2.25. The molecule has 0 bridgehead atoms. The minimum atomic E-state index is -0.514. The Labute approximate surface area is 107 Å². The summed E-state index contributed by atoms with van der Waals surface area (Å²) in [5.74, 6) is 0. The molecule has 1 aromatic heterocycles. The minimum absolute atomic E-state index is 0.514. The van der Waals surface area contributed by atoms with Crippen molar-refractivity contribution < 1.29 is 5.11 Å². The van der Waals surface area contributed by atoms with Gasteiger partial charge in [0, 0.05) is 13.1 Å². The van der Waals surface area contributed by atoms with Crippen molar-refractivity contribution in [1.29, 1.82) is 0 Å². The zero-order valence-electron chi connectivity index (χ0n) is 10.5. The molecule has 0 unspecified atom stereocenters. The van der Waals surface area contributed by atoms with Crippen molar-refractivity contribution >= 4 is 11.6 Å². The van der Waals surface area contributed by atoms with Gasteiger partial charge in [0.05, 0.1) is 22.0 Å². The summed E-state index contributed by atoms with van der Waals surface area (Å²) in [6.45, 7) is 6.50. The van der Waals surface area contributed by atoms with Crippen molar-refractivity contribution in [1.82, 2.24) is 15.1 Å². The molecular weight excluding hydrogens is 238 g/mol. The fourth-order valence-corrected chi connectivity index (χ4v) is 2.40. The second-order valence-electron chi connectivity index (χ2n) is 5.24. The number of aromatic amines is 1. The van der Waals surface area contributed by atoms with E-state index in [2.05, 4.69) is 15.1 Å². The molecule has 96 valence electrons. The van der Waals surface area contributed by atoms with Gasteiger partial charge in [-0.15, -0.1) is 0 Å². The maximum atomic E-state index is 10.0. The lowest BCUT2D eigenvalue weighted by Crippen LogP contribution is -2.28. The molecule has 1 aliphatic rings. The van der Waals surface area contributed by atoms with Crippen molar-refractivity contribution in [3.05, 3.63) is 16.4 Å². The van der Waals surface area contributed by atoms with Gasteiger partial charge in [0.25, 0.3) is 0 Å². The average molecular weight is 258 g/mol. The van der Waals surface area contributed by atoms with E-state index in [9.17, 15) is 5.11 Å². The summed E-state index contributed by atoms with van der Waals surface area (Å²) in [6.07, 6.45) is 2.71. The Balaban J connectivity index is 1.98. The zero-order valence-corrected chi connectivity index (χ0v) is 11.2. The number of rotatable bonds is 2. The first-order chi connectivity index (χ1) is 7.98. The summed E-state index contributed by atoms with van der Waals surface area (Å²) >= 11 is 6.16. The van der Waals surface area contributed by atoms with Gasteiger partial charge in [0.15, 0.2) is 0 Å². The van der Waals surface area contributed by atoms with Gasteiger partial charge in [-0.2, -0.15) is 5.10 Å². The normalized spacial score (nSPS) is 27.1. The molecule has 1 aromatic rings. The number of nitrogens with one attached hydrogen (secondary N) is 1. The van der Waals surface area contributed by atoms with E-state index in [0.717, 1.165) is 55.3 Å². The number of hydrogen-bond donors (Lipinski definition) is 2. The van der Waals surface area contributed by atoms with Crippen molar-refractivity contribution in [2.75, 3.05) is 13.1 Å². The minimum Gasteiger partial charge on any atom is -0.390 e. The molecule has 0 radical (unpaired) electrons. The molecule has 2 heterocycles. The summed E-state index contributed by atoms with van der Waals surface area (Å²) < 4.78 is 0. The number of likely N-dealkylation sites (tertiary alicyclic amines) is 1. The van der Waals surface area contributed by atoms with Gasteiger partial charge in [-0.3, -0.25) is 10.00 Å². The van der Waals surface area contributed by atoms with Crippen LogP contribution < -0.4 is 0 Å². The fraction of sp³-hybridized carbons (Fsp3) is 0.750. The maximum absolute atomic E-state index is 10.0. The van der Waals surface area contributed by atoms with E-state index >= 15 is 0 Å². The highest BCUT2D eigenvalue weighted by Crippen LogP contribution is 2.24. The van der Waals surface area contributed by atoms with Crippen molar-refractivity contribution in [2.24, 2.45) is 0 Å². The highest BCUT2D eigenvalue weighted by atomic mass is 35.5. The SMILES string of the molecule is Cc1[nH]nc(CN2CCC[C@](C)(O)CC2)c1Cl. The topological polar surface area (TPSA) is 52.2 Å². The van der Waals surface area contributed by atoms with Crippen LogP contribution in [-0.2, 0) is 6.54 Å². The van der Waals surface area contributed by atoms with Crippen LogP contribution in [0.25, 0.3) is 0 Å². The molecule has 2 rings (SSSR count). The molecule has 0 amide bonds. The van der Waals surface area contributed by atoms with Crippen LogP contribution >= 0.6 is 11.6 Å². The molecule has 5 heteroatoms. The van der Waals surface area contributed by atoms with E-state index in [4.69, 9.17) is 11.6 Å². The van der Waals surface area contributed by atoms with E-state index in [1.807, 2.05) is 13.8 Å². The lowest BCUT2D eigenvalue weighted by atomic mass is 9.98. The first kappa shape index (κ1) is 12.9. The third kappa shape index (κ3) is 3.21. The predicted molar refractivity (Wildman–Crippen MR) is 68.1 cm³/mol. The number of aryl methyl sites for hydroxylation is 1. The zero-order chi connectivity index (χ0) is 12.5. The number of aromatic nitrogens is 2. The summed E-state index contributed by atoms with van der Waals surface area (Å²) in [6, 6.07) is 0. The van der Waals surface area contributed by atoms with E-state index in [0.29, 0.717) is 0 Å². The Morgan fingerprint density at radius 2 is 2.24 bits per heavy atom. The molecule has 0 saturated carbocycles. The molecule has 4 nitrogen and oxygen atoms in total. The largest absolute Gasteiger partial charge is 0.390 e. The maximum Gasteiger partial charge on any atom is 0.0951 e. The molecule has 0 aliphatic carbocycles. The smallest absolute Gasteiger partial charge is 0.0951 e. The van der Waals surface area contributed by atoms with Gasteiger partial charge >= 0.3 is 0 Å². The molecule has 2 N–H and O–H groups in total. The molecule has 1 fully saturated rings. The first-order valence-electron chi connectivity index (χ1n) is 6.12. The number of H-pyrrole nitrogens is 1. The van der Waals surface area contributed by atoms with Crippen LogP contribution in [0.3, 0.4) is 0 Å². The number of nitrogens with zero attached hydrogens (tertiary/aromatic N) is 2. The molecule has 0 aromatic carbocycles. The monoisotopic (exact) mass is 257 g/mol. The van der Waals surface area contributed by atoms with E-state index < -0.39 is 5.60 Å². The Kier molecular flexibility index (Phi) is 3.76.